The van der Waals surface area contributed by atoms with Crippen molar-refractivity contribution in [3.05, 3.63) is 0 Å². The van der Waals surface area contributed by atoms with Crippen LogP contribution in [0.5, 0.6) is 0 Å². The van der Waals surface area contributed by atoms with Gasteiger partial charge in [0, 0.05) is 26.1 Å². The summed E-state index contributed by atoms with van der Waals surface area (Å²) in [5.41, 5.74) is 9.91. The summed E-state index contributed by atoms with van der Waals surface area (Å²) < 4.78 is 0. The van der Waals surface area contributed by atoms with Crippen LogP contribution in [-0.2, 0) is 9.59 Å². The summed E-state index contributed by atoms with van der Waals surface area (Å²) in [4.78, 5) is 20.7. The molecule has 0 spiro atoms. The fourth-order valence-electron chi connectivity index (χ4n) is 1.69. The fraction of sp³-hybridized carbons (Fsp3) is 0.857. The van der Waals surface area contributed by atoms with E-state index in [1.807, 2.05) is 13.8 Å². The molecule has 120 valence electrons. The molecule has 0 heterocycles. The van der Waals surface area contributed by atoms with Gasteiger partial charge in [-0.1, -0.05) is 26.7 Å². The Balaban J connectivity index is 0. The number of aliphatic hydroxyl groups is 2. The van der Waals surface area contributed by atoms with Gasteiger partial charge in [-0.05, 0) is 24.7 Å². The van der Waals surface area contributed by atoms with Crippen molar-refractivity contribution < 1.29 is 19.8 Å². The van der Waals surface area contributed by atoms with Gasteiger partial charge < -0.3 is 21.7 Å². The van der Waals surface area contributed by atoms with Crippen molar-refractivity contribution in [1.29, 1.82) is 0 Å². The van der Waals surface area contributed by atoms with Crippen LogP contribution in [0.15, 0.2) is 0 Å². The van der Waals surface area contributed by atoms with Gasteiger partial charge in [-0.3, -0.25) is 9.59 Å². The molecular formula is C14H30N2O4. The summed E-state index contributed by atoms with van der Waals surface area (Å²) in [5, 5.41) is 17.2. The maximum absolute atomic E-state index is 10.4. The van der Waals surface area contributed by atoms with E-state index in [1.54, 1.807) is 0 Å². The second-order valence-corrected chi connectivity index (χ2v) is 4.92. The first-order valence-corrected chi connectivity index (χ1v) is 7.19. The maximum Gasteiger partial charge on any atom is 0.217 e. The lowest BCUT2D eigenvalue weighted by atomic mass is 9.99. The molecule has 0 aromatic rings. The Morgan fingerprint density at radius 3 is 1.80 bits per heavy atom. The molecule has 2 unspecified atom stereocenters. The van der Waals surface area contributed by atoms with Crippen LogP contribution < -0.4 is 11.5 Å². The highest BCUT2D eigenvalue weighted by molar-refractivity contribution is 5.74. The third-order valence-corrected chi connectivity index (χ3v) is 3.24. The predicted octanol–water partition coefficient (Wildman–Crippen LogP) is 0.541. The Hall–Kier alpha value is -1.14. The van der Waals surface area contributed by atoms with Gasteiger partial charge in [-0.25, -0.2) is 0 Å². The number of hydrogen-bond donors (Lipinski definition) is 4. The van der Waals surface area contributed by atoms with Gasteiger partial charge in [0.15, 0.2) is 0 Å². The smallest absolute Gasteiger partial charge is 0.217 e. The van der Waals surface area contributed by atoms with Crippen LogP contribution in [0.1, 0.15) is 52.4 Å². The van der Waals surface area contributed by atoms with Crippen LogP contribution in [0.2, 0.25) is 0 Å². The Bertz CT molecular complexity index is 256. The molecule has 20 heavy (non-hydrogen) atoms. The molecule has 0 saturated heterocycles. The van der Waals surface area contributed by atoms with Gasteiger partial charge in [-0.15, -0.1) is 0 Å². The van der Waals surface area contributed by atoms with E-state index in [0.717, 1.165) is 12.8 Å². The number of carbonyl (C=O) groups is 2. The van der Waals surface area contributed by atoms with Crippen LogP contribution in [0.4, 0.5) is 0 Å². The lowest BCUT2D eigenvalue weighted by Gasteiger charge is -2.09. The van der Waals surface area contributed by atoms with Crippen LogP contribution in [-0.4, -0.2) is 35.2 Å². The van der Waals surface area contributed by atoms with Crippen LogP contribution >= 0.6 is 0 Å². The van der Waals surface area contributed by atoms with Crippen molar-refractivity contribution in [3.8, 4) is 0 Å². The number of aliphatic hydroxyl groups excluding tert-OH is 2. The van der Waals surface area contributed by atoms with Gasteiger partial charge in [0.05, 0.1) is 0 Å². The van der Waals surface area contributed by atoms with Gasteiger partial charge in [0.2, 0.25) is 11.8 Å². The molecule has 6 N–H and O–H groups in total. The molecule has 0 bridgehead atoms. The van der Waals surface area contributed by atoms with Crippen molar-refractivity contribution in [2.75, 3.05) is 13.2 Å². The second-order valence-electron chi connectivity index (χ2n) is 4.92. The molecular weight excluding hydrogens is 260 g/mol. The van der Waals surface area contributed by atoms with Gasteiger partial charge >= 0.3 is 0 Å². The fourth-order valence-corrected chi connectivity index (χ4v) is 1.69. The Labute approximate surface area is 121 Å². The summed E-state index contributed by atoms with van der Waals surface area (Å²) >= 11 is 0. The number of hydrogen-bond acceptors (Lipinski definition) is 4. The average Bonchev–Trinajstić information content (AvgIpc) is 2.39. The summed E-state index contributed by atoms with van der Waals surface area (Å²) in [5.74, 6) is -0.0535. The largest absolute Gasteiger partial charge is 0.396 e. The molecule has 6 nitrogen and oxygen atoms in total. The number of primary amides is 2. The first-order chi connectivity index (χ1) is 9.40. The lowest BCUT2D eigenvalue weighted by molar-refractivity contribution is -0.119. The monoisotopic (exact) mass is 290 g/mol. The van der Waals surface area contributed by atoms with E-state index in [2.05, 4.69) is 0 Å². The molecule has 0 aromatic heterocycles. The third kappa shape index (κ3) is 14.9. The number of amides is 2. The highest BCUT2D eigenvalue weighted by Crippen LogP contribution is 2.11. The molecule has 0 aliphatic carbocycles. The standard InChI is InChI=1S/2C7H15NO2/c1-2-6(3-4-9)5-7(8)10;1-2-6(5-9)3-4-7(8)10/h2*6,9H,2-5H2,1H3,(H2,8,10). The highest BCUT2D eigenvalue weighted by atomic mass is 16.3. The van der Waals surface area contributed by atoms with Gasteiger partial charge in [0.1, 0.15) is 0 Å². The number of rotatable bonds is 10. The number of nitrogens with two attached hydrogens (primary N) is 2. The molecule has 2 amide bonds. The van der Waals surface area contributed by atoms with Crippen LogP contribution in [0.3, 0.4) is 0 Å². The van der Waals surface area contributed by atoms with Gasteiger partial charge in [-0.2, -0.15) is 0 Å². The lowest BCUT2D eigenvalue weighted by Crippen LogP contribution is -2.16. The molecule has 0 aliphatic rings. The van der Waals surface area contributed by atoms with E-state index in [1.165, 1.54) is 0 Å². The van der Waals surface area contributed by atoms with E-state index in [-0.39, 0.29) is 36.9 Å². The zero-order valence-electron chi connectivity index (χ0n) is 12.7. The first-order valence-electron chi connectivity index (χ1n) is 7.19. The van der Waals surface area contributed by atoms with Crippen molar-refractivity contribution in [2.45, 2.75) is 52.4 Å². The van der Waals surface area contributed by atoms with E-state index in [0.29, 0.717) is 25.7 Å². The average molecular weight is 290 g/mol. The summed E-state index contributed by atoms with van der Waals surface area (Å²) in [6.07, 6.45) is 3.99. The minimum absolute atomic E-state index is 0.145. The van der Waals surface area contributed by atoms with Crippen molar-refractivity contribution in [1.82, 2.24) is 0 Å². The van der Waals surface area contributed by atoms with E-state index >= 15 is 0 Å². The highest BCUT2D eigenvalue weighted by Gasteiger charge is 2.08. The van der Waals surface area contributed by atoms with Crippen molar-refractivity contribution >= 4 is 11.8 Å². The molecule has 0 aliphatic heterocycles. The normalized spacial score (nSPS) is 13.0. The van der Waals surface area contributed by atoms with E-state index < -0.39 is 0 Å². The summed E-state index contributed by atoms with van der Waals surface area (Å²) in [7, 11) is 0. The van der Waals surface area contributed by atoms with Gasteiger partial charge in [0.25, 0.3) is 0 Å². The van der Waals surface area contributed by atoms with Crippen LogP contribution in [0.25, 0.3) is 0 Å². The van der Waals surface area contributed by atoms with Crippen molar-refractivity contribution in [2.24, 2.45) is 23.3 Å². The molecule has 0 rings (SSSR count). The molecule has 2 atom stereocenters. The Morgan fingerprint density at radius 2 is 1.50 bits per heavy atom. The quantitative estimate of drug-likeness (QED) is 0.468. The Kier molecular flexibility index (Phi) is 15.1. The number of carbonyl (C=O) groups excluding carboxylic acids is 2. The summed E-state index contributed by atoms with van der Waals surface area (Å²) in [6, 6.07) is 0. The van der Waals surface area contributed by atoms with Crippen LogP contribution in [0, 0.1) is 11.8 Å². The second kappa shape index (κ2) is 14.3. The zero-order chi connectivity index (χ0) is 16.0. The Morgan fingerprint density at radius 1 is 0.950 bits per heavy atom. The van der Waals surface area contributed by atoms with E-state index in [4.69, 9.17) is 21.7 Å². The minimum Gasteiger partial charge on any atom is -0.396 e. The molecule has 0 aromatic carbocycles. The van der Waals surface area contributed by atoms with Crippen molar-refractivity contribution in [3.63, 3.8) is 0 Å². The third-order valence-electron chi connectivity index (χ3n) is 3.24. The topological polar surface area (TPSA) is 127 Å². The first kappa shape index (κ1) is 21.2. The molecule has 6 heteroatoms. The molecule has 0 radical (unpaired) electrons. The summed E-state index contributed by atoms with van der Waals surface area (Å²) in [6.45, 7) is 4.28. The van der Waals surface area contributed by atoms with E-state index in [9.17, 15) is 9.59 Å². The molecule has 0 fully saturated rings. The minimum atomic E-state index is -0.285. The predicted molar refractivity (Wildman–Crippen MR) is 78.6 cm³/mol. The SMILES string of the molecule is CCC(CCO)CC(N)=O.CCC(CO)CCC(N)=O. The zero-order valence-corrected chi connectivity index (χ0v) is 12.7. The maximum atomic E-state index is 10.4. The molecule has 0 saturated carbocycles.